The highest BCUT2D eigenvalue weighted by Crippen LogP contribution is 2.17. The Hall–Kier alpha value is -1.56. The Kier molecular flexibility index (Phi) is 2.59. The Morgan fingerprint density at radius 1 is 1.50 bits per heavy atom. The zero-order valence-corrected chi connectivity index (χ0v) is 9.95. The van der Waals surface area contributed by atoms with Crippen LogP contribution in [0, 0.1) is 6.92 Å². The predicted octanol–water partition coefficient (Wildman–Crippen LogP) is 1.40. The van der Waals surface area contributed by atoms with Crippen molar-refractivity contribution in [2.75, 3.05) is 10.5 Å². The lowest BCUT2D eigenvalue weighted by molar-refractivity contribution is 0.602. The van der Waals surface area contributed by atoms with Gasteiger partial charge in [0.2, 0.25) is 10.0 Å². The summed E-state index contributed by atoms with van der Waals surface area (Å²) in [6, 6.07) is 3.48. The maximum absolute atomic E-state index is 11.5. The van der Waals surface area contributed by atoms with Crippen LogP contribution < -0.4 is 4.72 Å². The second-order valence-electron chi connectivity index (χ2n) is 3.54. The second kappa shape index (κ2) is 3.79. The first-order valence-electron chi connectivity index (χ1n) is 4.96. The van der Waals surface area contributed by atoms with Gasteiger partial charge in [0.25, 0.3) is 0 Å². The number of hydrogen-bond acceptors (Lipinski definition) is 3. The zero-order chi connectivity index (χ0) is 11.8. The fourth-order valence-corrected chi connectivity index (χ4v) is 2.09. The van der Waals surface area contributed by atoms with Gasteiger partial charge in [-0.15, -0.1) is 0 Å². The first-order chi connectivity index (χ1) is 7.52. The molecule has 0 radical (unpaired) electrons. The zero-order valence-electron chi connectivity index (χ0n) is 9.14. The summed E-state index contributed by atoms with van der Waals surface area (Å²) < 4.78 is 27.2. The van der Waals surface area contributed by atoms with E-state index in [9.17, 15) is 8.42 Å². The quantitative estimate of drug-likeness (QED) is 0.880. The summed E-state index contributed by atoms with van der Waals surface area (Å²) in [5.41, 5.74) is 1.98. The lowest BCUT2D eigenvalue weighted by atomic mass is 10.4. The first kappa shape index (κ1) is 10.9. The monoisotopic (exact) mass is 239 g/mol. The average molecular weight is 239 g/mol. The van der Waals surface area contributed by atoms with E-state index in [0.29, 0.717) is 11.3 Å². The summed E-state index contributed by atoms with van der Waals surface area (Å²) >= 11 is 0. The number of hydrogen-bond donors (Lipinski definition) is 1. The number of fused-ring (bicyclic) bond motifs is 1. The van der Waals surface area contributed by atoms with E-state index in [1.807, 2.05) is 19.3 Å². The molecule has 0 aliphatic rings. The van der Waals surface area contributed by atoms with Gasteiger partial charge in [0.15, 0.2) is 5.65 Å². The van der Waals surface area contributed by atoms with Crippen molar-refractivity contribution in [3.8, 4) is 0 Å². The largest absolute Gasteiger partial charge is 0.305 e. The van der Waals surface area contributed by atoms with Crippen molar-refractivity contribution < 1.29 is 8.42 Å². The normalized spacial score (nSPS) is 11.9. The minimum atomic E-state index is -3.26. The van der Waals surface area contributed by atoms with E-state index in [4.69, 9.17) is 0 Å². The molecular weight excluding hydrogens is 226 g/mol. The predicted molar refractivity (Wildman–Crippen MR) is 63.0 cm³/mol. The number of nitrogens with one attached hydrogen (secondary N) is 1. The third-order valence-electron chi connectivity index (χ3n) is 2.25. The highest BCUT2D eigenvalue weighted by Gasteiger charge is 2.10. The van der Waals surface area contributed by atoms with E-state index in [1.165, 1.54) is 0 Å². The smallest absolute Gasteiger partial charge is 0.232 e. The van der Waals surface area contributed by atoms with Crippen LogP contribution >= 0.6 is 0 Å². The molecule has 0 fully saturated rings. The number of sulfonamides is 1. The second-order valence-corrected chi connectivity index (χ2v) is 5.55. The number of aryl methyl sites for hydroxylation is 1. The van der Waals surface area contributed by atoms with Gasteiger partial charge in [0, 0.05) is 12.4 Å². The van der Waals surface area contributed by atoms with Crippen LogP contribution in [-0.4, -0.2) is 23.6 Å². The summed E-state index contributed by atoms with van der Waals surface area (Å²) in [5, 5.41) is 0. The van der Waals surface area contributed by atoms with Crippen molar-refractivity contribution in [3.05, 3.63) is 30.2 Å². The molecule has 2 heterocycles. The van der Waals surface area contributed by atoms with Crippen molar-refractivity contribution >= 4 is 21.4 Å². The van der Waals surface area contributed by atoms with Gasteiger partial charge in [-0.05, 0) is 26.0 Å². The highest BCUT2D eigenvalue weighted by molar-refractivity contribution is 7.92. The van der Waals surface area contributed by atoms with Gasteiger partial charge in [-0.1, -0.05) is 0 Å². The lowest BCUT2D eigenvalue weighted by Gasteiger charge is -2.06. The number of aromatic nitrogens is 2. The molecule has 86 valence electrons. The van der Waals surface area contributed by atoms with Gasteiger partial charge in [-0.2, -0.15) is 0 Å². The van der Waals surface area contributed by atoms with Crippen molar-refractivity contribution in [2.24, 2.45) is 0 Å². The van der Waals surface area contributed by atoms with Crippen molar-refractivity contribution in [2.45, 2.75) is 13.8 Å². The van der Waals surface area contributed by atoms with Gasteiger partial charge in [-0.3, -0.25) is 4.72 Å². The van der Waals surface area contributed by atoms with Gasteiger partial charge < -0.3 is 4.40 Å². The van der Waals surface area contributed by atoms with Crippen LogP contribution in [0.1, 0.15) is 12.6 Å². The third kappa shape index (κ3) is 2.01. The lowest BCUT2D eigenvalue weighted by Crippen LogP contribution is -2.15. The average Bonchev–Trinajstić information content (AvgIpc) is 2.59. The first-order valence-corrected chi connectivity index (χ1v) is 6.62. The molecule has 0 atom stereocenters. The number of anilines is 1. The molecule has 0 aromatic carbocycles. The van der Waals surface area contributed by atoms with Crippen LogP contribution in [0.15, 0.2) is 24.5 Å². The molecule has 0 amide bonds. The van der Waals surface area contributed by atoms with Crippen molar-refractivity contribution in [3.63, 3.8) is 0 Å². The van der Waals surface area contributed by atoms with E-state index in [-0.39, 0.29) is 5.75 Å². The summed E-state index contributed by atoms with van der Waals surface area (Å²) in [4.78, 5) is 4.27. The molecule has 6 heteroatoms. The summed E-state index contributed by atoms with van der Waals surface area (Å²) in [7, 11) is -3.26. The van der Waals surface area contributed by atoms with E-state index in [1.54, 1.807) is 23.5 Å². The van der Waals surface area contributed by atoms with Crippen LogP contribution in [0.4, 0.5) is 5.69 Å². The molecule has 16 heavy (non-hydrogen) atoms. The number of nitrogens with zero attached hydrogens (tertiary/aromatic N) is 2. The summed E-state index contributed by atoms with van der Waals surface area (Å²) in [5.74, 6) is 0.0494. The molecule has 2 aromatic heterocycles. The molecule has 0 saturated heterocycles. The molecule has 0 aliphatic heterocycles. The summed E-state index contributed by atoms with van der Waals surface area (Å²) in [6.07, 6.45) is 3.68. The summed E-state index contributed by atoms with van der Waals surface area (Å²) in [6.45, 7) is 3.46. The maximum atomic E-state index is 11.5. The molecule has 0 bridgehead atoms. The van der Waals surface area contributed by atoms with E-state index in [2.05, 4.69) is 9.71 Å². The fourth-order valence-electron chi connectivity index (χ4n) is 1.45. The Labute approximate surface area is 94.2 Å². The van der Waals surface area contributed by atoms with Crippen LogP contribution in [-0.2, 0) is 10.0 Å². The topological polar surface area (TPSA) is 63.5 Å². The molecule has 5 nitrogen and oxygen atoms in total. The molecule has 1 N–H and O–H groups in total. The fraction of sp³-hybridized carbons (Fsp3) is 0.300. The van der Waals surface area contributed by atoms with E-state index in [0.717, 1.165) is 5.69 Å². The molecule has 0 saturated carbocycles. The third-order valence-corrected chi connectivity index (χ3v) is 3.54. The molecule has 2 rings (SSSR count). The molecule has 0 aliphatic carbocycles. The minimum Gasteiger partial charge on any atom is -0.305 e. The molecular formula is C10H13N3O2S. The van der Waals surface area contributed by atoms with Crippen molar-refractivity contribution in [1.82, 2.24) is 9.38 Å². The SMILES string of the molecule is CCS(=O)(=O)Nc1cccn2cc(C)nc12. The number of imidazole rings is 1. The Morgan fingerprint density at radius 2 is 2.25 bits per heavy atom. The minimum absolute atomic E-state index is 0.0494. The van der Waals surface area contributed by atoms with Crippen LogP contribution in [0.2, 0.25) is 0 Å². The van der Waals surface area contributed by atoms with Crippen LogP contribution in [0.25, 0.3) is 5.65 Å². The van der Waals surface area contributed by atoms with Gasteiger partial charge in [0.1, 0.15) is 0 Å². The maximum Gasteiger partial charge on any atom is 0.232 e. The van der Waals surface area contributed by atoms with Crippen molar-refractivity contribution in [1.29, 1.82) is 0 Å². The number of rotatable bonds is 3. The van der Waals surface area contributed by atoms with Crippen LogP contribution in [0.5, 0.6) is 0 Å². The molecule has 2 aromatic rings. The van der Waals surface area contributed by atoms with Gasteiger partial charge >= 0.3 is 0 Å². The number of pyridine rings is 1. The molecule has 0 unspecified atom stereocenters. The Bertz CT molecular complexity index is 616. The van der Waals surface area contributed by atoms with Gasteiger partial charge in [-0.25, -0.2) is 13.4 Å². The van der Waals surface area contributed by atoms with E-state index < -0.39 is 10.0 Å². The van der Waals surface area contributed by atoms with Crippen LogP contribution in [0.3, 0.4) is 0 Å². The highest BCUT2D eigenvalue weighted by atomic mass is 32.2. The Balaban J connectivity index is 2.52. The Morgan fingerprint density at radius 3 is 2.94 bits per heavy atom. The van der Waals surface area contributed by atoms with E-state index >= 15 is 0 Å². The standard InChI is InChI=1S/C10H13N3O2S/c1-3-16(14,15)12-9-5-4-6-13-7-8(2)11-10(9)13/h4-7,12H,3H2,1-2H3. The van der Waals surface area contributed by atoms with Gasteiger partial charge in [0.05, 0.1) is 17.1 Å². The molecule has 0 spiro atoms.